The first kappa shape index (κ1) is 17.2. The second kappa shape index (κ2) is 7.43. The van der Waals surface area contributed by atoms with Crippen molar-refractivity contribution in [1.82, 2.24) is 15.1 Å². The van der Waals surface area contributed by atoms with E-state index in [1.165, 1.54) is 0 Å². The highest BCUT2D eigenvalue weighted by molar-refractivity contribution is 5.79. The third-order valence-corrected chi connectivity index (χ3v) is 4.26. The Morgan fingerprint density at radius 1 is 1.52 bits per heavy atom. The predicted octanol–water partition coefficient (Wildman–Crippen LogP) is 1.77. The lowest BCUT2D eigenvalue weighted by atomic mass is 9.97. The zero-order valence-corrected chi connectivity index (χ0v) is 14.0. The molecule has 8 nitrogen and oxygen atoms in total. The SMILES string of the molecule is CCCCNC(=O)C1CCCN(c2c([N+](=O)[O-])c(C)nn2C)C1. The van der Waals surface area contributed by atoms with E-state index in [1.807, 2.05) is 4.90 Å². The largest absolute Gasteiger partial charge is 0.356 e. The number of carbonyl (C=O) groups excluding carboxylic acids is 1. The Balaban J connectivity index is 2.13. The summed E-state index contributed by atoms with van der Waals surface area (Å²) in [6.07, 6.45) is 3.67. The monoisotopic (exact) mass is 323 g/mol. The van der Waals surface area contributed by atoms with Crippen molar-refractivity contribution in [2.24, 2.45) is 13.0 Å². The van der Waals surface area contributed by atoms with E-state index in [-0.39, 0.29) is 22.4 Å². The second-order valence-electron chi connectivity index (χ2n) is 6.07. The van der Waals surface area contributed by atoms with Crippen LogP contribution in [0, 0.1) is 23.0 Å². The average Bonchev–Trinajstić information content (AvgIpc) is 2.82. The van der Waals surface area contributed by atoms with Crippen LogP contribution in [0.1, 0.15) is 38.3 Å². The number of anilines is 1. The normalized spacial score (nSPS) is 18.0. The summed E-state index contributed by atoms with van der Waals surface area (Å²) in [6, 6.07) is 0. The van der Waals surface area contributed by atoms with Crippen molar-refractivity contribution in [3.05, 3.63) is 15.8 Å². The van der Waals surface area contributed by atoms with Crippen LogP contribution in [0.2, 0.25) is 0 Å². The number of amides is 1. The van der Waals surface area contributed by atoms with Crippen LogP contribution in [0.15, 0.2) is 0 Å². The topological polar surface area (TPSA) is 93.3 Å². The van der Waals surface area contributed by atoms with Gasteiger partial charge in [0.05, 0.1) is 10.8 Å². The van der Waals surface area contributed by atoms with Gasteiger partial charge in [-0.3, -0.25) is 14.9 Å². The van der Waals surface area contributed by atoms with Crippen molar-refractivity contribution in [1.29, 1.82) is 0 Å². The summed E-state index contributed by atoms with van der Waals surface area (Å²) < 4.78 is 1.55. The number of unbranched alkanes of at least 4 members (excludes halogenated alkanes) is 1. The predicted molar refractivity (Wildman–Crippen MR) is 87.5 cm³/mol. The maximum atomic E-state index is 12.3. The number of rotatable bonds is 6. The molecule has 1 N–H and O–H groups in total. The van der Waals surface area contributed by atoms with Crippen LogP contribution in [0.3, 0.4) is 0 Å². The van der Waals surface area contributed by atoms with E-state index in [0.717, 1.165) is 25.7 Å². The number of nitrogens with zero attached hydrogens (tertiary/aromatic N) is 4. The molecule has 1 aromatic rings. The Bertz CT molecular complexity index is 584. The molecule has 2 rings (SSSR count). The molecule has 8 heteroatoms. The maximum Gasteiger partial charge on any atom is 0.333 e. The van der Waals surface area contributed by atoms with Crippen molar-refractivity contribution in [2.75, 3.05) is 24.5 Å². The fourth-order valence-electron chi connectivity index (χ4n) is 3.12. The Morgan fingerprint density at radius 3 is 2.91 bits per heavy atom. The van der Waals surface area contributed by atoms with Gasteiger partial charge in [-0.2, -0.15) is 5.10 Å². The molecule has 1 unspecified atom stereocenters. The van der Waals surface area contributed by atoms with Gasteiger partial charge in [0.1, 0.15) is 5.69 Å². The highest BCUT2D eigenvalue weighted by atomic mass is 16.6. The summed E-state index contributed by atoms with van der Waals surface area (Å²) in [7, 11) is 1.71. The lowest BCUT2D eigenvalue weighted by molar-refractivity contribution is -0.384. The number of carbonyl (C=O) groups is 1. The number of aromatic nitrogens is 2. The van der Waals surface area contributed by atoms with E-state index in [1.54, 1.807) is 18.7 Å². The number of hydrogen-bond acceptors (Lipinski definition) is 5. The van der Waals surface area contributed by atoms with E-state index >= 15 is 0 Å². The first-order valence-corrected chi connectivity index (χ1v) is 8.16. The van der Waals surface area contributed by atoms with Crippen LogP contribution in [-0.2, 0) is 11.8 Å². The molecule has 1 amide bonds. The molecule has 1 fully saturated rings. The van der Waals surface area contributed by atoms with Crippen molar-refractivity contribution >= 4 is 17.4 Å². The summed E-state index contributed by atoms with van der Waals surface area (Å²) in [5.74, 6) is 0.415. The molecule has 1 aliphatic rings. The van der Waals surface area contributed by atoms with Gasteiger partial charge in [0.2, 0.25) is 11.7 Å². The molecule has 0 saturated carbocycles. The van der Waals surface area contributed by atoms with E-state index in [2.05, 4.69) is 17.3 Å². The molecule has 1 saturated heterocycles. The highest BCUT2D eigenvalue weighted by Crippen LogP contribution is 2.33. The molecule has 1 atom stereocenters. The van der Waals surface area contributed by atoms with Gasteiger partial charge in [-0.25, -0.2) is 4.68 Å². The lowest BCUT2D eigenvalue weighted by Crippen LogP contribution is -2.44. The summed E-state index contributed by atoms with van der Waals surface area (Å²) in [4.78, 5) is 25.1. The van der Waals surface area contributed by atoms with Gasteiger partial charge in [0.15, 0.2) is 0 Å². The first-order chi connectivity index (χ1) is 11.0. The number of piperidine rings is 1. The van der Waals surface area contributed by atoms with Crippen LogP contribution in [0.4, 0.5) is 11.5 Å². The highest BCUT2D eigenvalue weighted by Gasteiger charge is 2.33. The molecule has 0 bridgehead atoms. The van der Waals surface area contributed by atoms with E-state index in [9.17, 15) is 14.9 Å². The first-order valence-electron chi connectivity index (χ1n) is 8.16. The lowest BCUT2D eigenvalue weighted by Gasteiger charge is -2.32. The molecule has 128 valence electrons. The van der Waals surface area contributed by atoms with Crippen molar-refractivity contribution in [3.63, 3.8) is 0 Å². The summed E-state index contributed by atoms with van der Waals surface area (Å²) in [5, 5.41) is 18.5. The third-order valence-electron chi connectivity index (χ3n) is 4.26. The third kappa shape index (κ3) is 3.80. The van der Waals surface area contributed by atoms with Gasteiger partial charge in [0, 0.05) is 26.7 Å². The van der Waals surface area contributed by atoms with Crippen LogP contribution in [0.5, 0.6) is 0 Å². The molecule has 23 heavy (non-hydrogen) atoms. The van der Waals surface area contributed by atoms with Gasteiger partial charge >= 0.3 is 5.69 Å². The second-order valence-corrected chi connectivity index (χ2v) is 6.07. The molecule has 0 aromatic carbocycles. The number of nitrogens with one attached hydrogen (secondary N) is 1. The Kier molecular flexibility index (Phi) is 5.57. The van der Waals surface area contributed by atoms with Crippen LogP contribution >= 0.6 is 0 Å². The van der Waals surface area contributed by atoms with E-state index in [4.69, 9.17) is 0 Å². The summed E-state index contributed by atoms with van der Waals surface area (Å²) >= 11 is 0. The zero-order chi connectivity index (χ0) is 17.0. The van der Waals surface area contributed by atoms with Crippen LogP contribution < -0.4 is 10.2 Å². The van der Waals surface area contributed by atoms with Gasteiger partial charge < -0.3 is 10.2 Å². The van der Waals surface area contributed by atoms with E-state index < -0.39 is 0 Å². The fourth-order valence-corrected chi connectivity index (χ4v) is 3.12. The molecule has 0 radical (unpaired) electrons. The maximum absolute atomic E-state index is 12.3. The Hall–Kier alpha value is -2.12. The molecular weight excluding hydrogens is 298 g/mol. The van der Waals surface area contributed by atoms with Crippen molar-refractivity contribution < 1.29 is 9.72 Å². The average molecular weight is 323 g/mol. The Labute approximate surface area is 136 Å². The van der Waals surface area contributed by atoms with Gasteiger partial charge in [-0.15, -0.1) is 0 Å². The summed E-state index contributed by atoms with van der Waals surface area (Å²) in [5.41, 5.74) is 0.446. The van der Waals surface area contributed by atoms with Gasteiger partial charge in [-0.1, -0.05) is 13.3 Å². The number of nitro groups is 1. The van der Waals surface area contributed by atoms with Crippen LogP contribution in [-0.4, -0.2) is 40.2 Å². The number of aryl methyl sites for hydroxylation is 2. The molecule has 0 aliphatic carbocycles. The smallest absolute Gasteiger partial charge is 0.333 e. The van der Waals surface area contributed by atoms with Crippen molar-refractivity contribution in [2.45, 2.75) is 39.5 Å². The quantitative estimate of drug-likeness (QED) is 0.489. The summed E-state index contributed by atoms with van der Waals surface area (Å²) in [6.45, 7) is 5.62. The molecule has 1 aliphatic heterocycles. The molecule has 2 heterocycles. The fraction of sp³-hybridized carbons (Fsp3) is 0.733. The zero-order valence-electron chi connectivity index (χ0n) is 14.0. The number of hydrogen-bond donors (Lipinski definition) is 1. The minimum absolute atomic E-state index is 0.0412. The molecule has 1 aromatic heterocycles. The van der Waals surface area contributed by atoms with Crippen molar-refractivity contribution in [3.8, 4) is 0 Å². The van der Waals surface area contributed by atoms with Crippen LogP contribution in [0.25, 0.3) is 0 Å². The van der Waals surface area contributed by atoms with E-state index in [0.29, 0.717) is 31.1 Å². The standard InChI is InChI=1S/C15H25N5O3/c1-4-5-8-16-14(21)12-7-6-9-19(10-12)15-13(20(22)23)11(2)17-18(15)3/h12H,4-10H2,1-3H3,(H,16,21). The molecular formula is C15H25N5O3. The minimum Gasteiger partial charge on any atom is -0.356 e. The molecule has 0 spiro atoms. The minimum atomic E-state index is -0.386. The Morgan fingerprint density at radius 2 is 2.26 bits per heavy atom. The van der Waals surface area contributed by atoms with Gasteiger partial charge in [-0.05, 0) is 26.2 Å². The van der Waals surface area contributed by atoms with Gasteiger partial charge in [0.25, 0.3) is 0 Å².